The van der Waals surface area contributed by atoms with Gasteiger partial charge in [-0.15, -0.1) is 0 Å². The van der Waals surface area contributed by atoms with E-state index >= 15 is 0 Å². The number of anilines is 1. The minimum atomic E-state index is -1.01. The molecule has 1 saturated heterocycles. The highest BCUT2D eigenvalue weighted by molar-refractivity contribution is 5.89. The summed E-state index contributed by atoms with van der Waals surface area (Å²) in [6.45, 7) is 6.46. The molecule has 1 aromatic heterocycles. The lowest BCUT2D eigenvalue weighted by Gasteiger charge is -2.45. The van der Waals surface area contributed by atoms with Crippen molar-refractivity contribution >= 4 is 17.7 Å². The molecule has 2 atom stereocenters. The molecule has 6 heteroatoms. The molecule has 2 aromatic rings. The van der Waals surface area contributed by atoms with Gasteiger partial charge in [0.25, 0.3) is 0 Å². The van der Waals surface area contributed by atoms with E-state index < -0.39 is 11.4 Å². The minimum Gasteiger partial charge on any atom is -0.466 e. The molecule has 28 heavy (non-hydrogen) atoms. The highest BCUT2D eigenvalue weighted by Gasteiger charge is 2.46. The summed E-state index contributed by atoms with van der Waals surface area (Å²) in [6.07, 6.45) is 2.66. The molecule has 148 valence electrons. The van der Waals surface area contributed by atoms with E-state index in [2.05, 4.69) is 24.0 Å². The van der Waals surface area contributed by atoms with Crippen LogP contribution in [0, 0.1) is 12.8 Å². The zero-order chi connectivity index (χ0) is 20.3. The molecule has 1 fully saturated rings. The third-order valence-electron chi connectivity index (χ3n) is 5.57. The number of pyridine rings is 1. The molecular weight excluding hydrogens is 354 g/mol. The number of primary amides is 1. The van der Waals surface area contributed by atoms with E-state index in [1.165, 1.54) is 5.56 Å². The van der Waals surface area contributed by atoms with E-state index in [0.29, 0.717) is 31.8 Å². The summed E-state index contributed by atoms with van der Waals surface area (Å²) in [5.41, 5.74) is 8.09. The van der Waals surface area contributed by atoms with Crippen LogP contribution in [-0.2, 0) is 14.3 Å². The predicted molar refractivity (Wildman–Crippen MR) is 109 cm³/mol. The Kier molecular flexibility index (Phi) is 5.68. The van der Waals surface area contributed by atoms with Crippen LogP contribution in [0.15, 0.2) is 42.6 Å². The Morgan fingerprint density at radius 2 is 2.07 bits per heavy atom. The maximum Gasteiger partial charge on any atom is 0.309 e. The first-order chi connectivity index (χ1) is 13.4. The second-order valence-electron chi connectivity index (χ2n) is 7.45. The second kappa shape index (κ2) is 8.00. The van der Waals surface area contributed by atoms with E-state index in [4.69, 9.17) is 10.5 Å². The van der Waals surface area contributed by atoms with Crippen LogP contribution in [0.1, 0.15) is 32.3 Å². The average Bonchev–Trinajstić information content (AvgIpc) is 2.68. The van der Waals surface area contributed by atoms with Crippen LogP contribution in [0.4, 0.5) is 5.82 Å². The molecule has 2 N–H and O–H groups in total. The monoisotopic (exact) mass is 381 g/mol. The number of amides is 1. The van der Waals surface area contributed by atoms with Crippen LogP contribution in [0.2, 0.25) is 0 Å². The van der Waals surface area contributed by atoms with E-state index in [1.54, 1.807) is 20.0 Å². The van der Waals surface area contributed by atoms with Crippen molar-refractivity contribution < 1.29 is 14.3 Å². The number of rotatable bonds is 5. The van der Waals surface area contributed by atoms with E-state index in [9.17, 15) is 9.59 Å². The fraction of sp³-hybridized carbons (Fsp3) is 0.409. The molecular formula is C22H27N3O3. The van der Waals surface area contributed by atoms with Gasteiger partial charge in [-0.25, -0.2) is 4.98 Å². The zero-order valence-corrected chi connectivity index (χ0v) is 16.6. The fourth-order valence-corrected chi connectivity index (χ4v) is 3.92. The molecule has 6 nitrogen and oxygen atoms in total. The zero-order valence-electron chi connectivity index (χ0n) is 16.6. The van der Waals surface area contributed by atoms with Gasteiger partial charge >= 0.3 is 5.97 Å². The maximum absolute atomic E-state index is 12.4. The lowest BCUT2D eigenvalue weighted by molar-refractivity contribution is -0.149. The van der Waals surface area contributed by atoms with Crippen molar-refractivity contribution in [3.05, 3.63) is 48.2 Å². The number of benzene rings is 1. The molecule has 0 bridgehead atoms. The van der Waals surface area contributed by atoms with Crippen LogP contribution in [0.5, 0.6) is 0 Å². The molecule has 1 amide bonds. The van der Waals surface area contributed by atoms with Gasteiger partial charge in [0, 0.05) is 12.7 Å². The summed E-state index contributed by atoms with van der Waals surface area (Å²) < 4.78 is 5.16. The fourth-order valence-electron chi connectivity index (χ4n) is 3.92. The molecule has 0 radical (unpaired) electrons. The highest BCUT2D eigenvalue weighted by atomic mass is 16.5. The van der Waals surface area contributed by atoms with Gasteiger partial charge in [-0.3, -0.25) is 9.59 Å². The Morgan fingerprint density at radius 1 is 1.32 bits per heavy atom. The first-order valence-corrected chi connectivity index (χ1v) is 9.63. The number of carbonyl (C=O) groups is 2. The van der Waals surface area contributed by atoms with Crippen LogP contribution < -0.4 is 10.6 Å². The molecule has 2 unspecified atom stereocenters. The van der Waals surface area contributed by atoms with E-state index in [-0.39, 0.29) is 11.9 Å². The summed E-state index contributed by atoms with van der Waals surface area (Å²) >= 11 is 0. The van der Waals surface area contributed by atoms with Crippen molar-refractivity contribution in [2.24, 2.45) is 11.7 Å². The Bertz CT molecular complexity index is 883. The number of hydrogen-bond donors (Lipinski definition) is 1. The Labute approximate surface area is 165 Å². The smallest absolute Gasteiger partial charge is 0.309 e. The van der Waals surface area contributed by atoms with Crippen LogP contribution in [0.25, 0.3) is 11.1 Å². The number of carbonyl (C=O) groups excluding carboxylic acids is 2. The van der Waals surface area contributed by atoms with Crippen LogP contribution in [-0.4, -0.2) is 35.6 Å². The van der Waals surface area contributed by atoms with Crippen molar-refractivity contribution in [3.63, 3.8) is 0 Å². The first-order valence-electron chi connectivity index (χ1n) is 9.63. The molecule has 1 aliphatic heterocycles. The Balaban J connectivity index is 1.94. The number of nitrogens with two attached hydrogens (primary N) is 1. The van der Waals surface area contributed by atoms with Crippen molar-refractivity contribution in [1.29, 1.82) is 0 Å². The lowest BCUT2D eigenvalue weighted by Crippen LogP contribution is -2.61. The number of aromatic nitrogens is 1. The lowest BCUT2D eigenvalue weighted by atomic mass is 9.80. The molecule has 1 aromatic carbocycles. The largest absolute Gasteiger partial charge is 0.466 e. The molecule has 0 aliphatic carbocycles. The van der Waals surface area contributed by atoms with Gasteiger partial charge in [0.05, 0.1) is 12.5 Å². The normalized spacial score (nSPS) is 22.0. The van der Waals surface area contributed by atoms with Gasteiger partial charge in [-0.05, 0) is 62.4 Å². The van der Waals surface area contributed by atoms with Gasteiger partial charge in [-0.1, -0.05) is 24.3 Å². The number of aryl methyl sites for hydroxylation is 1. The quantitative estimate of drug-likeness (QED) is 0.805. The predicted octanol–water partition coefficient (Wildman–Crippen LogP) is 3.08. The van der Waals surface area contributed by atoms with E-state index in [1.807, 2.05) is 29.2 Å². The number of nitrogens with zero attached hydrogens (tertiary/aromatic N) is 2. The molecule has 0 spiro atoms. The Hall–Kier alpha value is -2.89. The molecule has 3 rings (SSSR count). The second-order valence-corrected chi connectivity index (χ2v) is 7.45. The van der Waals surface area contributed by atoms with Crippen LogP contribution in [0.3, 0.4) is 0 Å². The van der Waals surface area contributed by atoms with Crippen molar-refractivity contribution in [2.45, 2.75) is 39.2 Å². The third-order valence-corrected chi connectivity index (χ3v) is 5.57. The molecule has 2 heterocycles. The maximum atomic E-state index is 12.4. The number of ether oxygens (including phenoxy) is 1. The number of hydrogen-bond acceptors (Lipinski definition) is 5. The molecule has 1 aliphatic rings. The summed E-state index contributed by atoms with van der Waals surface area (Å²) in [7, 11) is 0. The summed E-state index contributed by atoms with van der Waals surface area (Å²) in [6, 6.07) is 12.1. The van der Waals surface area contributed by atoms with Crippen molar-refractivity contribution in [3.8, 4) is 11.1 Å². The number of piperidine rings is 1. The average molecular weight is 381 g/mol. The SMILES string of the molecule is CCOC(=O)C1CCN(c2cc(-c3ccccc3C)ccn2)C(C)(C(N)=O)C1. The van der Waals surface area contributed by atoms with E-state index in [0.717, 1.165) is 11.1 Å². The summed E-state index contributed by atoms with van der Waals surface area (Å²) in [5, 5.41) is 0. The van der Waals surface area contributed by atoms with Gasteiger partial charge in [-0.2, -0.15) is 0 Å². The van der Waals surface area contributed by atoms with Gasteiger partial charge < -0.3 is 15.4 Å². The Morgan fingerprint density at radius 3 is 2.75 bits per heavy atom. The van der Waals surface area contributed by atoms with Gasteiger partial charge in [0.1, 0.15) is 11.4 Å². The van der Waals surface area contributed by atoms with Crippen molar-refractivity contribution in [2.75, 3.05) is 18.1 Å². The minimum absolute atomic E-state index is 0.267. The van der Waals surface area contributed by atoms with Gasteiger partial charge in [0.15, 0.2) is 0 Å². The van der Waals surface area contributed by atoms with Crippen molar-refractivity contribution in [1.82, 2.24) is 4.98 Å². The highest BCUT2D eigenvalue weighted by Crippen LogP contribution is 2.37. The molecule has 0 saturated carbocycles. The summed E-state index contributed by atoms with van der Waals surface area (Å²) in [5.74, 6) is -0.390. The first kappa shape index (κ1) is 19.9. The topological polar surface area (TPSA) is 85.5 Å². The third kappa shape index (κ3) is 3.72. The van der Waals surface area contributed by atoms with Crippen LogP contribution >= 0.6 is 0 Å². The summed E-state index contributed by atoms with van der Waals surface area (Å²) in [4.78, 5) is 31.0. The number of esters is 1. The standard InChI is InChI=1S/C22H27N3O3/c1-4-28-20(26)17-10-12-25(22(3,14-17)21(23)27)19-13-16(9-11-24-19)18-8-6-5-7-15(18)2/h5-9,11,13,17H,4,10,12,14H2,1-3H3,(H2,23,27). The van der Waals surface area contributed by atoms with Gasteiger partial charge in [0.2, 0.25) is 5.91 Å².